The van der Waals surface area contributed by atoms with Crippen LogP contribution >= 0.6 is 23.2 Å². The Labute approximate surface area is 131 Å². The highest BCUT2D eigenvalue weighted by Gasteiger charge is 2.33. The fourth-order valence-corrected chi connectivity index (χ4v) is 3.52. The van der Waals surface area contributed by atoms with Gasteiger partial charge < -0.3 is 10.1 Å². The summed E-state index contributed by atoms with van der Waals surface area (Å²) in [4.78, 5) is 0. The number of likely N-dealkylation sites (N-methyl/N-ethyl adjacent to an activating group) is 1. The monoisotopic (exact) mass is 315 g/mol. The van der Waals surface area contributed by atoms with Crippen molar-refractivity contribution < 1.29 is 4.74 Å². The Morgan fingerprint density at radius 1 is 1.35 bits per heavy atom. The molecule has 0 saturated carbocycles. The first-order valence-electron chi connectivity index (χ1n) is 7.45. The molecule has 2 nitrogen and oxygen atoms in total. The molecular formula is C16H23Cl2NO. The molecule has 0 aromatic heterocycles. The molecular weight excluding hydrogens is 293 g/mol. The number of rotatable bonds is 6. The average Bonchev–Trinajstić information content (AvgIpc) is 2.91. The molecule has 1 aromatic rings. The van der Waals surface area contributed by atoms with Gasteiger partial charge in [0.25, 0.3) is 0 Å². The molecule has 1 saturated heterocycles. The van der Waals surface area contributed by atoms with Crippen LogP contribution in [0.4, 0.5) is 0 Å². The number of halogens is 2. The zero-order chi connectivity index (χ0) is 14.5. The van der Waals surface area contributed by atoms with Crippen LogP contribution in [-0.4, -0.2) is 25.3 Å². The van der Waals surface area contributed by atoms with E-state index < -0.39 is 0 Å². The van der Waals surface area contributed by atoms with E-state index in [1.54, 1.807) is 0 Å². The van der Waals surface area contributed by atoms with Gasteiger partial charge in [0.2, 0.25) is 0 Å². The third kappa shape index (κ3) is 3.67. The van der Waals surface area contributed by atoms with Crippen LogP contribution in [0.1, 0.15) is 32.3 Å². The van der Waals surface area contributed by atoms with Gasteiger partial charge in [0.1, 0.15) is 0 Å². The maximum atomic E-state index is 6.32. The van der Waals surface area contributed by atoms with Crippen molar-refractivity contribution in [2.75, 3.05) is 13.2 Å². The van der Waals surface area contributed by atoms with Gasteiger partial charge in [-0.1, -0.05) is 49.2 Å². The molecule has 3 unspecified atom stereocenters. The van der Waals surface area contributed by atoms with Crippen LogP contribution in [-0.2, 0) is 11.2 Å². The normalized spacial score (nSPS) is 24.0. The molecule has 1 heterocycles. The first-order chi connectivity index (χ1) is 9.67. The standard InChI is InChI=1S/C16H23Cl2NO/c1-3-15-12(8-9-20-15)14(19-4-2)10-11-6-5-7-13(17)16(11)18/h5-7,12,14-15,19H,3-4,8-10H2,1-2H3. The number of hydrogen-bond acceptors (Lipinski definition) is 2. The van der Waals surface area contributed by atoms with Gasteiger partial charge in [-0.3, -0.25) is 0 Å². The van der Waals surface area contributed by atoms with Crippen molar-refractivity contribution in [3.63, 3.8) is 0 Å². The lowest BCUT2D eigenvalue weighted by Gasteiger charge is -2.28. The molecule has 0 radical (unpaired) electrons. The van der Waals surface area contributed by atoms with Crippen molar-refractivity contribution in [2.24, 2.45) is 5.92 Å². The Kier molecular flexibility index (Phi) is 6.16. The lowest BCUT2D eigenvalue weighted by molar-refractivity contribution is 0.0776. The highest BCUT2D eigenvalue weighted by Crippen LogP contribution is 2.31. The van der Waals surface area contributed by atoms with Crippen LogP contribution < -0.4 is 5.32 Å². The summed E-state index contributed by atoms with van der Waals surface area (Å²) in [7, 11) is 0. The van der Waals surface area contributed by atoms with Crippen LogP contribution in [0.5, 0.6) is 0 Å². The molecule has 2 rings (SSSR count). The molecule has 0 amide bonds. The predicted molar refractivity (Wildman–Crippen MR) is 85.8 cm³/mol. The Bertz CT molecular complexity index is 438. The summed E-state index contributed by atoms with van der Waals surface area (Å²) in [5.41, 5.74) is 1.12. The van der Waals surface area contributed by atoms with Gasteiger partial charge in [-0.2, -0.15) is 0 Å². The summed E-state index contributed by atoms with van der Waals surface area (Å²) in [6.07, 6.45) is 3.44. The van der Waals surface area contributed by atoms with E-state index in [0.717, 1.165) is 38.0 Å². The van der Waals surface area contributed by atoms with Gasteiger partial charge in [0.15, 0.2) is 0 Å². The van der Waals surface area contributed by atoms with E-state index in [9.17, 15) is 0 Å². The lowest BCUT2D eigenvalue weighted by atomic mass is 9.87. The van der Waals surface area contributed by atoms with Crippen molar-refractivity contribution in [1.82, 2.24) is 5.32 Å². The van der Waals surface area contributed by atoms with Gasteiger partial charge in [0.05, 0.1) is 16.1 Å². The molecule has 1 aliphatic heterocycles. The van der Waals surface area contributed by atoms with E-state index in [2.05, 4.69) is 25.2 Å². The first kappa shape index (κ1) is 16.1. The number of nitrogens with one attached hydrogen (secondary N) is 1. The van der Waals surface area contributed by atoms with E-state index in [4.69, 9.17) is 27.9 Å². The molecule has 0 spiro atoms. The number of hydrogen-bond donors (Lipinski definition) is 1. The van der Waals surface area contributed by atoms with Gasteiger partial charge >= 0.3 is 0 Å². The molecule has 112 valence electrons. The largest absolute Gasteiger partial charge is 0.378 e. The fourth-order valence-electron chi connectivity index (χ4n) is 3.13. The molecule has 3 atom stereocenters. The molecule has 1 aliphatic rings. The van der Waals surface area contributed by atoms with E-state index in [1.807, 2.05) is 12.1 Å². The number of benzene rings is 1. The summed E-state index contributed by atoms with van der Waals surface area (Å²) < 4.78 is 5.83. The first-order valence-corrected chi connectivity index (χ1v) is 8.20. The maximum Gasteiger partial charge on any atom is 0.0624 e. The van der Waals surface area contributed by atoms with Gasteiger partial charge in [-0.05, 0) is 37.4 Å². The van der Waals surface area contributed by atoms with Crippen molar-refractivity contribution in [3.05, 3.63) is 33.8 Å². The zero-order valence-corrected chi connectivity index (χ0v) is 13.7. The predicted octanol–water partition coefficient (Wildman–Crippen LogP) is 4.33. The third-order valence-corrected chi connectivity index (χ3v) is 4.98. The van der Waals surface area contributed by atoms with Crippen LogP contribution in [0.25, 0.3) is 0 Å². The Morgan fingerprint density at radius 2 is 2.15 bits per heavy atom. The third-order valence-electron chi connectivity index (χ3n) is 4.12. The van der Waals surface area contributed by atoms with Gasteiger partial charge in [0, 0.05) is 18.6 Å². The van der Waals surface area contributed by atoms with Crippen molar-refractivity contribution >= 4 is 23.2 Å². The summed E-state index contributed by atoms with van der Waals surface area (Å²) >= 11 is 12.4. The van der Waals surface area contributed by atoms with Crippen LogP contribution in [0.2, 0.25) is 10.0 Å². The van der Waals surface area contributed by atoms with E-state index in [1.165, 1.54) is 0 Å². The van der Waals surface area contributed by atoms with Crippen LogP contribution in [0, 0.1) is 5.92 Å². The Hall–Kier alpha value is -0.280. The Morgan fingerprint density at radius 3 is 2.85 bits per heavy atom. The fraction of sp³-hybridized carbons (Fsp3) is 0.625. The quantitative estimate of drug-likeness (QED) is 0.843. The van der Waals surface area contributed by atoms with Crippen LogP contribution in [0.3, 0.4) is 0 Å². The second-order valence-electron chi connectivity index (χ2n) is 5.35. The molecule has 1 aromatic carbocycles. The summed E-state index contributed by atoms with van der Waals surface area (Å²) in [6.45, 7) is 6.16. The molecule has 0 aliphatic carbocycles. The van der Waals surface area contributed by atoms with Crippen molar-refractivity contribution in [3.8, 4) is 0 Å². The van der Waals surface area contributed by atoms with E-state index >= 15 is 0 Å². The van der Waals surface area contributed by atoms with Gasteiger partial charge in [-0.25, -0.2) is 0 Å². The average molecular weight is 316 g/mol. The summed E-state index contributed by atoms with van der Waals surface area (Å²) in [5, 5.41) is 4.92. The molecule has 1 fully saturated rings. The second-order valence-corrected chi connectivity index (χ2v) is 6.14. The minimum absolute atomic E-state index is 0.358. The topological polar surface area (TPSA) is 21.3 Å². The molecule has 4 heteroatoms. The molecule has 0 bridgehead atoms. The lowest BCUT2D eigenvalue weighted by Crippen LogP contribution is -2.41. The van der Waals surface area contributed by atoms with Crippen molar-refractivity contribution in [1.29, 1.82) is 0 Å². The molecule has 1 N–H and O–H groups in total. The van der Waals surface area contributed by atoms with E-state index in [-0.39, 0.29) is 0 Å². The SMILES string of the molecule is CCNC(Cc1cccc(Cl)c1Cl)C1CCOC1CC. The summed E-state index contributed by atoms with van der Waals surface area (Å²) in [6, 6.07) is 6.26. The highest BCUT2D eigenvalue weighted by atomic mass is 35.5. The highest BCUT2D eigenvalue weighted by molar-refractivity contribution is 6.42. The van der Waals surface area contributed by atoms with Gasteiger partial charge in [-0.15, -0.1) is 0 Å². The smallest absolute Gasteiger partial charge is 0.0624 e. The molecule has 20 heavy (non-hydrogen) atoms. The minimum atomic E-state index is 0.358. The Balaban J connectivity index is 2.14. The maximum absolute atomic E-state index is 6.32. The van der Waals surface area contributed by atoms with Crippen LogP contribution in [0.15, 0.2) is 18.2 Å². The van der Waals surface area contributed by atoms with Crippen molar-refractivity contribution in [2.45, 2.75) is 45.3 Å². The second kappa shape index (κ2) is 7.65. The number of ether oxygens (including phenoxy) is 1. The zero-order valence-electron chi connectivity index (χ0n) is 12.2. The summed E-state index contributed by atoms with van der Waals surface area (Å²) in [5.74, 6) is 0.551. The minimum Gasteiger partial charge on any atom is -0.378 e. The van der Waals surface area contributed by atoms with E-state index in [0.29, 0.717) is 28.1 Å².